The van der Waals surface area contributed by atoms with E-state index < -0.39 is 16.4 Å². The smallest absolute Gasteiger partial charge is 0.450 e. The molecule has 2 aliphatic rings. The fourth-order valence-electron chi connectivity index (χ4n) is 3.68. The Balaban J connectivity index is 0.000000589. The molecular weight excluding hydrogens is 428 g/mol. The molecule has 0 bridgehead atoms. The SMILES string of the molecule is Cc1cnc(N2CCN(S(=O)(=O)N[C@H]3[C@H](C)[C@@H]3c3ccccc3)CC2)s1.O=C(O)O. The van der Waals surface area contributed by atoms with Crippen LogP contribution in [0.15, 0.2) is 36.5 Å². The van der Waals surface area contributed by atoms with Crippen molar-refractivity contribution in [3.63, 3.8) is 0 Å². The molecule has 2 aromatic rings. The molecule has 0 radical (unpaired) electrons. The standard InChI is InChI=1S/C18H24N4O2S2.CH2O3/c1-13-12-19-18(25-13)21-8-10-22(11-9-21)26(23,24)20-17-14(2)16(17)15-6-4-3-5-7-15;2-1(3)4/h3-7,12,14,16-17,20H,8-11H2,1-2H3;(H2,2,3,4)/t14-,16-,17+;/m1./s1. The zero-order valence-corrected chi connectivity index (χ0v) is 18.4. The molecule has 0 spiro atoms. The molecule has 1 aromatic heterocycles. The summed E-state index contributed by atoms with van der Waals surface area (Å²) in [6.07, 6.45) is 0.0306. The van der Waals surface area contributed by atoms with E-state index in [-0.39, 0.29) is 12.0 Å². The molecule has 2 heterocycles. The van der Waals surface area contributed by atoms with Gasteiger partial charge in [0.05, 0.1) is 0 Å². The van der Waals surface area contributed by atoms with Crippen molar-refractivity contribution in [2.75, 3.05) is 31.1 Å². The van der Waals surface area contributed by atoms with Gasteiger partial charge in [0.15, 0.2) is 5.13 Å². The molecule has 9 nitrogen and oxygen atoms in total. The molecule has 3 N–H and O–H groups in total. The molecule has 30 heavy (non-hydrogen) atoms. The molecule has 4 rings (SSSR count). The Hall–Kier alpha value is -2.21. The number of piperazine rings is 1. The van der Waals surface area contributed by atoms with Crippen LogP contribution in [0.4, 0.5) is 9.93 Å². The predicted octanol–water partition coefficient (Wildman–Crippen LogP) is 2.43. The Morgan fingerprint density at radius 3 is 2.30 bits per heavy atom. The first-order valence-corrected chi connectivity index (χ1v) is 11.9. The molecule has 164 valence electrons. The van der Waals surface area contributed by atoms with Gasteiger partial charge in [-0.1, -0.05) is 37.3 Å². The van der Waals surface area contributed by atoms with E-state index in [2.05, 4.69) is 33.7 Å². The molecule has 1 saturated carbocycles. The highest BCUT2D eigenvalue weighted by Gasteiger charge is 2.50. The summed E-state index contributed by atoms with van der Waals surface area (Å²) >= 11 is 1.65. The number of aryl methyl sites for hydroxylation is 1. The van der Waals surface area contributed by atoms with E-state index in [1.165, 1.54) is 10.4 Å². The first-order chi connectivity index (χ1) is 14.2. The summed E-state index contributed by atoms with van der Waals surface area (Å²) in [4.78, 5) is 16.3. The maximum absolute atomic E-state index is 12.8. The third-order valence-electron chi connectivity index (χ3n) is 5.31. The van der Waals surface area contributed by atoms with Crippen LogP contribution in [0.1, 0.15) is 23.3 Å². The number of rotatable bonds is 5. The highest BCUT2D eigenvalue weighted by molar-refractivity contribution is 7.87. The minimum absolute atomic E-state index is 0.0120. The first kappa shape index (κ1) is 22.5. The Labute approximate surface area is 180 Å². The van der Waals surface area contributed by atoms with Gasteiger partial charge in [-0.3, -0.25) is 0 Å². The molecule has 0 amide bonds. The molecule has 11 heteroatoms. The Bertz CT molecular complexity index is 954. The number of nitrogens with zero attached hydrogens (tertiary/aromatic N) is 3. The third kappa shape index (κ3) is 5.48. The predicted molar refractivity (Wildman–Crippen MR) is 115 cm³/mol. The van der Waals surface area contributed by atoms with Crippen LogP contribution < -0.4 is 9.62 Å². The molecule has 1 saturated heterocycles. The summed E-state index contributed by atoms with van der Waals surface area (Å²) in [6.45, 7) is 6.47. The Morgan fingerprint density at radius 1 is 1.17 bits per heavy atom. The van der Waals surface area contributed by atoms with E-state index in [0.29, 0.717) is 32.1 Å². The Kier molecular flexibility index (Phi) is 6.96. The Morgan fingerprint density at radius 2 is 1.77 bits per heavy atom. The molecule has 0 unspecified atom stereocenters. The maximum Gasteiger partial charge on any atom is 0.503 e. The van der Waals surface area contributed by atoms with Crippen molar-refractivity contribution < 1.29 is 23.4 Å². The summed E-state index contributed by atoms with van der Waals surface area (Å²) in [5, 5.41) is 14.9. The summed E-state index contributed by atoms with van der Waals surface area (Å²) < 4.78 is 30.1. The molecule has 3 atom stereocenters. The van der Waals surface area contributed by atoms with E-state index in [1.807, 2.05) is 31.3 Å². The van der Waals surface area contributed by atoms with Crippen LogP contribution in [0.2, 0.25) is 0 Å². The summed E-state index contributed by atoms with van der Waals surface area (Å²) in [7, 11) is -3.45. The van der Waals surface area contributed by atoms with Gasteiger partial charge in [-0.15, -0.1) is 11.3 Å². The van der Waals surface area contributed by atoms with Crippen molar-refractivity contribution in [2.24, 2.45) is 5.92 Å². The fraction of sp³-hybridized carbons (Fsp3) is 0.474. The van der Waals surface area contributed by atoms with E-state index in [4.69, 9.17) is 15.0 Å². The highest BCUT2D eigenvalue weighted by atomic mass is 32.2. The summed E-state index contributed by atoms with van der Waals surface area (Å²) in [5.41, 5.74) is 1.21. The monoisotopic (exact) mass is 454 g/mol. The summed E-state index contributed by atoms with van der Waals surface area (Å²) in [6, 6.07) is 10.1. The van der Waals surface area contributed by atoms with Crippen LogP contribution in [0.3, 0.4) is 0 Å². The third-order valence-corrected chi connectivity index (χ3v) is 7.90. The lowest BCUT2D eigenvalue weighted by Crippen LogP contribution is -2.52. The van der Waals surface area contributed by atoms with Gasteiger partial charge in [0, 0.05) is 49.2 Å². The van der Waals surface area contributed by atoms with Gasteiger partial charge < -0.3 is 15.1 Å². The number of nitrogens with one attached hydrogen (secondary N) is 1. The fourth-order valence-corrected chi connectivity index (χ4v) is 5.99. The van der Waals surface area contributed by atoms with Crippen molar-refractivity contribution in [1.29, 1.82) is 0 Å². The second-order valence-corrected chi connectivity index (χ2v) is 10.3. The lowest BCUT2D eigenvalue weighted by atomic mass is 10.1. The lowest BCUT2D eigenvalue weighted by Gasteiger charge is -2.33. The number of carbonyl (C=O) groups is 1. The van der Waals surface area contributed by atoms with Crippen LogP contribution in [-0.4, -0.2) is 66.3 Å². The minimum atomic E-state index is -3.45. The van der Waals surface area contributed by atoms with E-state index in [1.54, 1.807) is 15.6 Å². The van der Waals surface area contributed by atoms with Crippen LogP contribution in [0.5, 0.6) is 0 Å². The van der Waals surface area contributed by atoms with Crippen LogP contribution in [0.25, 0.3) is 0 Å². The van der Waals surface area contributed by atoms with E-state index in [9.17, 15) is 8.42 Å². The zero-order chi connectivity index (χ0) is 21.9. The second kappa shape index (κ2) is 9.29. The van der Waals surface area contributed by atoms with Crippen molar-refractivity contribution >= 4 is 32.8 Å². The molecule has 1 aromatic carbocycles. The van der Waals surface area contributed by atoms with Crippen molar-refractivity contribution in [3.8, 4) is 0 Å². The van der Waals surface area contributed by atoms with E-state index in [0.717, 1.165) is 5.13 Å². The molecule has 1 aliphatic carbocycles. The number of aromatic nitrogens is 1. The van der Waals surface area contributed by atoms with Gasteiger partial charge in [-0.2, -0.15) is 17.4 Å². The largest absolute Gasteiger partial charge is 0.503 e. The quantitative estimate of drug-likeness (QED) is 0.634. The first-order valence-electron chi connectivity index (χ1n) is 9.60. The minimum Gasteiger partial charge on any atom is -0.450 e. The number of hydrogen-bond acceptors (Lipinski definition) is 6. The molecule has 1 aliphatic heterocycles. The van der Waals surface area contributed by atoms with Crippen molar-refractivity contribution in [3.05, 3.63) is 47.0 Å². The van der Waals surface area contributed by atoms with E-state index >= 15 is 0 Å². The number of anilines is 1. The number of carboxylic acid groups (broad SMARTS) is 2. The van der Waals surface area contributed by atoms with Gasteiger partial charge in [-0.05, 0) is 18.4 Å². The van der Waals surface area contributed by atoms with Gasteiger partial charge in [0.1, 0.15) is 0 Å². The zero-order valence-electron chi connectivity index (χ0n) is 16.8. The number of thiazole rings is 1. The average molecular weight is 455 g/mol. The van der Waals surface area contributed by atoms with Crippen LogP contribution in [-0.2, 0) is 10.2 Å². The molecular formula is C19H26N4O5S2. The van der Waals surface area contributed by atoms with Crippen molar-refractivity contribution in [2.45, 2.75) is 25.8 Å². The van der Waals surface area contributed by atoms with Crippen molar-refractivity contribution in [1.82, 2.24) is 14.0 Å². The van der Waals surface area contributed by atoms with Gasteiger partial charge in [-0.25, -0.2) is 9.78 Å². The van der Waals surface area contributed by atoms with Crippen LogP contribution in [0, 0.1) is 12.8 Å². The summed E-state index contributed by atoms with van der Waals surface area (Å²) in [5.74, 6) is 0.595. The number of benzene rings is 1. The second-order valence-electron chi connectivity index (χ2n) is 7.37. The lowest BCUT2D eigenvalue weighted by molar-refractivity contribution is 0.137. The maximum atomic E-state index is 12.8. The van der Waals surface area contributed by atoms with Gasteiger partial charge >= 0.3 is 6.16 Å². The van der Waals surface area contributed by atoms with Gasteiger partial charge in [0.25, 0.3) is 10.2 Å². The number of hydrogen-bond donors (Lipinski definition) is 3. The van der Waals surface area contributed by atoms with Gasteiger partial charge in [0.2, 0.25) is 0 Å². The topological polar surface area (TPSA) is 123 Å². The highest BCUT2D eigenvalue weighted by Crippen LogP contribution is 2.47. The molecule has 2 fully saturated rings. The van der Waals surface area contributed by atoms with Crippen LogP contribution >= 0.6 is 11.3 Å². The average Bonchev–Trinajstić information content (AvgIpc) is 3.10. The normalized spacial score (nSPS) is 24.1.